The second-order valence-electron chi connectivity index (χ2n) is 6.78. The van der Waals surface area contributed by atoms with Gasteiger partial charge in [0.2, 0.25) is 5.82 Å². The number of ether oxygens (including phenoxy) is 1. The summed E-state index contributed by atoms with van der Waals surface area (Å²) in [5.74, 6) is -0.702. The molecule has 8 heteroatoms. The Bertz CT molecular complexity index is 1030. The van der Waals surface area contributed by atoms with Crippen LogP contribution in [0.3, 0.4) is 0 Å². The fourth-order valence-corrected chi connectivity index (χ4v) is 3.32. The minimum Gasteiger partial charge on any atom is -0.378 e. The van der Waals surface area contributed by atoms with Gasteiger partial charge in [-0.05, 0) is 36.2 Å². The Labute approximate surface area is 167 Å². The number of hydrogen-bond donors (Lipinski definition) is 1. The summed E-state index contributed by atoms with van der Waals surface area (Å²) in [7, 11) is 0. The van der Waals surface area contributed by atoms with Gasteiger partial charge in [-0.1, -0.05) is 18.2 Å². The highest BCUT2D eigenvalue weighted by atomic mass is 19.1. The smallest absolute Gasteiger partial charge is 0.287 e. The third kappa shape index (κ3) is 4.12. The zero-order valence-corrected chi connectivity index (χ0v) is 15.8. The molecule has 2 aromatic heterocycles. The Hall–Kier alpha value is -3.26. The number of nitrogens with one attached hydrogen (secondary N) is 1. The van der Waals surface area contributed by atoms with E-state index in [1.807, 2.05) is 6.07 Å². The van der Waals surface area contributed by atoms with E-state index in [4.69, 9.17) is 4.74 Å². The lowest BCUT2D eigenvalue weighted by molar-refractivity contribution is 0.0300. The number of hydrogen-bond acceptors (Lipinski definition) is 4. The molecule has 29 heavy (non-hydrogen) atoms. The van der Waals surface area contributed by atoms with Crippen LogP contribution in [-0.4, -0.2) is 58.9 Å². The minimum atomic E-state index is -0.366. The largest absolute Gasteiger partial charge is 0.378 e. The zero-order valence-electron chi connectivity index (χ0n) is 15.8. The molecular weight excluding hydrogens is 375 g/mol. The van der Waals surface area contributed by atoms with E-state index in [0.29, 0.717) is 44.8 Å². The minimum absolute atomic E-state index is 0.163. The lowest BCUT2D eigenvalue weighted by atomic mass is 10.1. The first-order valence-corrected chi connectivity index (χ1v) is 9.50. The van der Waals surface area contributed by atoms with Crippen LogP contribution in [0.1, 0.15) is 26.7 Å². The molecule has 150 valence electrons. The summed E-state index contributed by atoms with van der Waals surface area (Å²) in [6.07, 6.45) is 2.28. The maximum atomic E-state index is 13.0. The molecule has 1 fully saturated rings. The van der Waals surface area contributed by atoms with E-state index >= 15 is 0 Å². The van der Waals surface area contributed by atoms with Crippen molar-refractivity contribution in [2.24, 2.45) is 0 Å². The molecule has 1 saturated heterocycles. The van der Waals surface area contributed by atoms with Crippen LogP contribution >= 0.6 is 0 Å². The molecule has 3 aromatic rings. The second kappa shape index (κ2) is 8.40. The fraction of sp³-hybridized carbons (Fsp3) is 0.286. The summed E-state index contributed by atoms with van der Waals surface area (Å²) in [4.78, 5) is 31.7. The predicted molar refractivity (Wildman–Crippen MR) is 104 cm³/mol. The summed E-state index contributed by atoms with van der Waals surface area (Å²) in [6, 6.07) is 11.5. The molecular formula is C21H21FN4O3. The maximum Gasteiger partial charge on any atom is 0.287 e. The van der Waals surface area contributed by atoms with Crippen LogP contribution in [0.2, 0.25) is 0 Å². The van der Waals surface area contributed by atoms with Crippen LogP contribution in [0.15, 0.2) is 48.7 Å². The molecule has 3 heterocycles. The lowest BCUT2D eigenvalue weighted by Gasteiger charge is -2.26. The molecule has 4 rings (SSSR count). The molecule has 0 unspecified atom stereocenters. The van der Waals surface area contributed by atoms with Crippen molar-refractivity contribution in [3.8, 4) is 0 Å². The van der Waals surface area contributed by atoms with Crippen molar-refractivity contribution in [2.75, 3.05) is 32.8 Å². The number of rotatable bonds is 5. The molecule has 0 aliphatic carbocycles. The van der Waals surface area contributed by atoms with Crippen molar-refractivity contribution in [3.05, 3.63) is 71.6 Å². The van der Waals surface area contributed by atoms with Gasteiger partial charge in [0.15, 0.2) is 5.69 Å². The first kappa shape index (κ1) is 19.1. The van der Waals surface area contributed by atoms with Gasteiger partial charge in [-0.15, -0.1) is 0 Å². The highest BCUT2D eigenvalue weighted by Crippen LogP contribution is 2.16. The SMILES string of the molecule is O=C(NCCc1ccc(F)cc1)c1nc(C(=O)N2CCOCC2)c2ccccn12. The molecule has 1 N–H and O–H groups in total. The van der Waals surface area contributed by atoms with Crippen molar-refractivity contribution in [2.45, 2.75) is 6.42 Å². The zero-order chi connectivity index (χ0) is 20.2. The highest BCUT2D eigenvalue weighted by Gasteiger charge is 2.26. The van der Waals surface area contributed by atoms with Gasteiger partial charge in [0.05, 0.1) is 18.7 Å². The van der Waals surface area contributed by atoms with Gasteiger partial charge in [-0.2, -0.15) is 0 Å². The molecule has 0 radical (unpaired) electrons. The van der Waals surface area contributed by atoms with Gasteiger partial charge in [-0.25, -0.2) is 9.37 Å². The standard InChI is InChI=1S/C21H21FN4O3/c22-16-6-4-15(5-7-16)8-9-23-20(27)19-24-18(17-3-1-2-10-26(17)19)21(28)25-11-13-29-14-12-25/h1-7,10H,8-9,11-14H2,(H,23,27). The number of carbonyl (C=O) groups is 2. The Morgan fingerprint density at radius 1 is 1.10 bits per heavy atom. The molecule has 2 amide bonds. The number of carbonyl (C=O) groups excluding carboxylic acids is 2. The summed E-state index contributed by atoms with van der Waals surface area (Å²) in [5, 5.41) is 2.83. The number of morpholine rings is 1. The van der Waals surface area contributed by atoms with Crippen molar-refractivity contribution in [1.82, 2.24) is 19.6 Å². The summed E-state index contributed by atoms with van der Waals surface area (Å²) >= 11 is 0. The Balaban J connectivity index is 1.51. The number of halogens is 1. The van der Waals surface area contributed by atoms with Gasteiger partial charge in [0, 0.05) is 25.8 Å². The first-order valence-electron chi connectivity index (χ1n) is 9.50. The molecule has 7 nitrogen and oxygen atoms in total. The van der Waals surface area contributed by atoms with Crippen LogP contribution in [0.25, 0.3) is 5.52 Å². The van der Waals surface area contributed by atoms with Crippen molar-refractivity contribution >= 4 is 17.3 Å². The number of fused-ring (bicyclic) bond motifs is 1. The number of pyridine rings is 1. The number of nitrogens with zero attached hydrogens (tertiary/aromatic N) is 3. The summed E-state index contributed by atoms with van der Waals surface area (Å²) < 4.78 is 19.9. The summed E-state index contributed by atoms with van der Waals surface area (Å²) in [6.45, 7) is 2.37. The van der Waals surface area contributed by atoms with Gasteiger partial charge in [0.25, 0.3) is 11.8 Å². The van der Waals surface area contributed by atoms with E-state index in [1.54, 1.807) is 39.8 Å². The number of amides is 2. The van der Waals surface area contributed by atoms with E-state index in [0.717, 1.165) is 5.56 Å². The third-order valence-corrected chi connectivity index (χ3v) is 4.86. The van der Waals surface area contributed by atoms with E-state index in [9.17, 15) is 14.0 Å². The van der Waals surface area contributed by atoms with Crippen molar-refractivity contribution < 1.29 is 18.7 Å². The molecule has 1 aliphatic rings. The van der Waals surface area contributed by atoms with Gasteiger partial charge in [0.1, 0.15) is 5.82 Å². The second-order valence-corrected chi connectivity index (χ2v) is 6.78. The van der Waals surface area contributed by atoms with Crippen LogP contribution in [0.5, 0.6) is 0 Å². The average molecular weight is 396 g/mol. The van der Waals surface area contributed by atoms with Crippen LogP contribution in [0, 0.1) is 5.82 Å². The van der Waals surface area contributed by atoms with Gasteiger partial charge < -0.3 is 15.0 Å². The van der Waals surface area contributed by atoms with Crippen LogP contribution < -0.4 is 5.32 Å². The Morgan fingerprint density at radius 3 is 2.62 bits per heavy atom. The topological polar surface area (TPSA) is 75.9 Å². The predicted octanol–water partition coefficient (Wildman–Crippen LogP) is 1.92. The van der Waals surface area contributed by atoms with Crippen molar-refractivity contribution in [1.29, 1.82) is 0 Å². The Kier molecular flexibility index (Phi) is 5.53. The van der Waals surface area contributed by atoms with Crippen molar-refractivity contribution in [3.63, 3.8) is 0 Å². The highest BCUT2D eigenvalue weighted by molar-refractivity contribution is 6.02. The average Bonchev–Trinajstić information content (AvgIpc) is 3.15. The van der Waals surface area contributed by atoms with E-state index in [-0.39, 0.29) is 29.1 Å². The molecule has 0 atom stereocenters. The van der Waals surface area contributed by atoms with Gasteiger partial charge >= 0.3 is 0 Å². The molecule has 0 bridgehead atoms. The Morgan fingerprint density at radius 2 is 1.86 bits per heavy atom. The first-order chi connectivity index (χ1) is 14.1. The van der Waals surface area contributed by atoms with E-state index < -0.39 is 0 Å². The molecule has 0 saturated carbocycles. The van der Waals surface area contributed by atoms with E-state index in [1.165, 1.54) is 12.1 Å². The third-order valence-electron chi connectivity index (χ3n) is 4.86. The molecule has 0 spiro atoms. The molecule has 1 aromatic carbocycles. The number of aromatic nitrogens is 2. The fourth-order valence-electron chi connectivity index (χ4n) is 3.32. The number of imidazole rings is 1. The molecule has 1 aliphatic heterocycles. The number of benzene rings is 1. The van der Waals surface area contributed by atoms with Gasteiger partial charge in [-0.3, -0.25) is 14.0 Å². The summed E-state index contributed by atoms with van der Waals surface area (Å²) in [5.41, 5.74) is 1.77. The van der Waals surface area contributed by atoms with E-state index in [2.05, 4.69) is 10.3 Å². The van der Waals surface area contributed by atoms with Crippen LogP contribution in [0.4, 0.5) is 4.39 Å². The van der Waals surface area contributed by atoms with Crippen LogP contribution in [-0.2, 0) is 11.2 Å². The lowest BCUT2D eigenvalue weighted by Crippen LogP contribution is -2.41. The monoisotopic (exact) mass is 396 g/mol. The maximum absolute atomic E-state index is 13.0. The normalized spacial score (nSPS) is 14.2. The quantitative estimate of drug-likeness (QED) is 0.715.